The van der Waals surface area contributed by atoms with Gasteiger partial charge in [0.15, 0.2) is 0 Å². The number of aliphatic hydroxyl groups is 2. The lowest BCUT2D eigenvalue weighted by molar-refractivity contribution is -0.123. The third-order valence-corrected chi connectivity index (χ3v) is 12.7. The number of carbonyl (C=O) groups excluding carboxylic acids is 1. The fraction of sp³-hybridized carbons (Fsp3) is 0.875. The number of aliphatic hydroxyl groups excluding tert-OH is 2. The molecule has 4 heteroatoms. The van der Waals surface area contributed by atoms with Crippen molar-refractivity contribution < 1.29 is 15.0 Å². The minimum absolute atomic E-state index is 0.0459. The van der Waals surface area contributed by atoms with Crippen LogP contribution in [0.25, 0.3) is 0 Å². The molecule has 0 aromatic heterocycles. The lowest BCUT2D eigenvalue weighted by Gasteiger charge is -2.22. The van der Waals surface area contributed by atoms with E-state index in [4.69, 9.17) is 0 Å². The Morgan fingerprint density at radius 3 is 1.10 bits per heavy atom. The van der Waals surface area contributed by atoms with E-state index in [1.165, 1.54) is 212 Å². The van der Waals surface area contributed by atoms with Crippen LogP contribution >= 0.6 is 0 Å². The van der Waals surface area contributed by atoms with Gasteiger partial charge in [-0.25, -0.2) is 0 Å². The maximum atomic E-state index is 12.4. The predicted molar refractivity (Wildman–Crippen MR) is 267 cm³/mol. The summed E-state index contributed by atoms with van der Waals surface area (Å²) in [5.74, 6) is -0.0459. The van der Waals surface area contributed by atoms with Gasteiger partial charge in [-0.05, 0) is 44.9 Å². The van der Waals surface area contributed by atoms with E-state index in [1.54, 1.807) is 0 Å². The number of allylic oxidation sites excluding steroid dienone is 6. The highest BCUT2D eigenvalue weighted by atomic mass is 16.3. The average molecular weight is 842 g/mol. The van der Waals surface area contributed by atoms with Gasteiger partial charge in [0.05, 0.1) is 18.8 Å². The summed E-state index contributed by atoms with van der Waals surface area (Å²) in [5.41, 5.74) is 0. The lowest BCUT2D eigenvalue weighted by Crippen LogP contribution is -2.45. The molecule has 0 aliphatic carbocycles. The molecule has 0 saturated carbocycles. The zero-order valence-corrected chi connectivity index (χ0v) is 40.7. The summed E-state index contributed by atoms with van der Waals surface area (Å²) in [6.07, 6.45) is 70.0. The van der Waals surface area contributed by atoms with Crippen LogP contribution in [0.5, 0.6) is 0 Å². The quantitative estimate of drug-likeness (QED) is 0.0422. The van der Waals surface area contributed by atoms with E-state index >= 15 is 0 Å². The van der Waals surface area contributed by atoms with E-state index in [0.29, 0.717) is 12.8 Å². The molecule has 0 aliphatic heterocycles. The fourth-order valence-electron chi connectivity index (χ4n) is 8.56. The third-order valence-electron chi connectivity index (χ3n) is 12.7. The van der Waals surface area contributed by atoms with Crippen molar-refractivity contribution in [3.63, 3.8) is 0 Å². The molecular weight excluding hydrogens is 735 g/mol. The molecule has 2 atom stereocenters. The van der Waals surface area contributed by atoms with Gasteiger partial charge < -0.3 is 15.5 Å². The van der Waals surface area contributed by atoms with E-state index in [9.17, 15) is 15.0 Å². The van der Waals surface area contributed by atoms with Crippen LogP contribution in [0.15, 0.2) is 36.5 Å². The first-order valence-corrected chi connectivity index (χ1v) is 27.2. The van der Waals surface area contributed by atoms with Gasteiger partial charge >= 0.3 is 0 Å². The smallest absolute Gasteiger partial charge is 0.220 e. The largest absolute Gasteiger partial charge is 0.394 e. The van der Waals surface area contributed by atoms with Crippen LogP contribution in [0, 0.1) is 0 Å². The number of nitrogens with one attached hydrogen (secondary N) is 1. The van der Waals surface area contributed by atoms with Crippen molar-refractivity contribution in [2.75, 3.05) is 6.61 Å². The minimum Gasteiger partial charge on any atom is -0.394 e. The number of rotatable bonds is 50. The van der Waals surface area contributed by atoms with Crippen molar-refractivity contribution in [1.82, 2.24) is 5.32 Å². The van der Waals surface area contributed by atoms with E-state index in [1.807, 2.05) is 0 Å². The summed E-state index contributed by atoms with van der Waals surface area (Å²) in [7, 11) is 0. The topological polar surface area (TPSA) is 69.6 Å². The van der Waals surface area contributed by atoms with Gasteiger partial charge in [0.2, 0.25) is 5.91 Å². The summed E-state index contributed by atoms with van der Waals surface area (Å²) in [6.45, 7) is 4.26. The van der Waals surface area contributed by atoms with Crippen molar-refractivity contribution in [2.24, 2.45) is 0 Å². The van der Waals surface area contributed by atoms with Crippen LogP contribution < -0.4 is 5.32 Å². The highest BCUT2D eigenvalue weighted by Crippen LogP contribution is 2.18. The van der Waals surface area contributed by atoms with Gasteiger partial charge in [0, 0.05) is 6.42 Å². The van der Waals surface area contributed by atoms with Crippen LogP contribution in [0.3, 0.4) is 0 Å². The Balaban J connectivity index is 3.40. The second-order valence-corrected chi connectivity index (χ2v) is 18.6. The monoisotopic (exact) mass is 842 g/mol. The van der Waals surface area contributed by atoms with Gasteiger partial charge in [0.1, 0.15) is 0 Å². The molecule has 0 fully saturated rings. The SMILES string of the molecule is CC/C=C\C/C=C\C/C=C\CCCCCCCC(=O)NC(CO)C(O)CCCCCCCCCCCCCCCCCCCCCCCCCCCCCCCCCCC. The van der Waals surface area contributed by atoms with E-state index in [2.05, 4.69) is 55.6 Å². The second-order valence-electron chi connectivity index (χ2n) is 18.6. The molecule has 0 saturated heterocycles. The van der Waals surface area contributed by atoms with Gasteiger partial charge in [-0.2, -0.15) is 0 Å². The Morgan fingerprint density at radius 1 is 0.417 bits per heavy atom. The molecule has 354 valence electrons. The molecule has 1 amide bonds. The third kappa shape index (κ3) is 47.7. The zero-order valence-electron chi connectivity index (χ0n) is 40.7. The first-order valence-electron chi connectivity index (χ1n) is 27.2. The number of unbranched alkanes of at least 4 members (excludes halogenated alkanes) is 37. The zero-order chi connectivity index (χ0) is 43.5. The minimum atomic E-state index is -0.668. The van der Waals surface area contributed by atoms with Crippen LogP contribution in [0.4, 0.5) is 0 Å². The Morgan fingerprint density at radius 2 is 0.733 bits per heavy atom. The van der Waals surface area contributed by atoms with Crippen LogP contribution in [0.1, 0.15) is 296 Å². The van der Waals surface area contributed by atoms with Crippen molar-refractivity contribution in [3.8, 4) is 0 Å². The number of carbonyl (C=O) groups is 1. The molecule has 0 aromatic carbocycles. The normalized spacial score (nSPS) is 13.1. The van der Waals surface area contributed by atoms with Crippen LogP contribution in [0.2, 0.25) is 0 Å². The van der Waals surface area contributed by atoms with Gasteiger partial charge in [-0.3, -0.25) is 4.79 Å². The number of amides is 1. The molecule has 0 rings (SSSR count). The van der Waals surface area contributed by atoms with Gasteiger partial charge in [0.25, 0.3) is 0 Å². The Labute approximate surface area is 376 Å². The molecule has 0 aromatic rings. The molecule has 0 bridgehead atoms. The molecule has 0 heterocycles. The molecule has 0 radical (unpaired) electrons. The highest BCUT2D eigenvalue weighted by molar-refractivity contribution is 5.76. The summed E-state index contributed by atoms with van der Waals surface area (Å²) >= 11 is 0. The van der Waals surface area contributed by atoms with Gasteiger partial charge in [-0.1, -0.05) is 281 Å². The summed E-state index contributed by atoms with van der Waals surface area (Å²) < 4.78 is 0. The second kappa shape index (κ2) is 52.0. The van der Waals surface area contributed by atoms with Crippen molar-refractivity contribution >= 4 is 5.91 Å². The lowest BCUT2D eigenvalue weighted by atomic mass is 10.0. The van der Waals surface area contributed by atoms with E-state index in [-0.39, 0.29) is 12.5 Å². The van der Waals surface area contributed by atoms with E-state index in [0.717, 1.165) is 57.8 Å². The Kier molecular flexibility index (Phi) is 50.8. The predicted octanol–water partition coefficient (Wildman–Crippen LogP) is 17.7. The molecule has 3 N–H and O–H groups in total. The molecule has 2 unspecified atom stereocenters. The van der Waals surface area contributed by atoms with Crippen molar-refractivity contribution in [1.29, 1.82) is 0 Å². The first kappa shape index (κ1) is 58.6. The van der Waals surface area contributed by atoms with Gasteiger partial charge in [-0.15, -0.1) is 0 Å². The van der Waals surface area contributed by atoms with Crippen molar-refractivity contribution in [3.05, 3.63) is 36.5 Å². The fourth-order valence-corrected chi connectivity index (χ4v) is 8.56. The van der Waals surface area contributed by atoms with Crippen LogP contribution in [-0.4, -0.2) is 34.9 Å². The number of hydrogen-bond donors (Lipinski definition) is 3. The molecule has 0 spiro atoms. The first-order chi connectivity index (χ1) is 29.7. The standard InChI is InChI=1S/C56H107NO3/c1-3-5-7-9-11-13-15-17-19-20-21-22-23-24-25-26-27-28-29-30-31-32-33-34-35-36-38-39-41-43-45-47-49-51-55(59)54(53-58)57-56(60)52-50-48-46-44-42-40-37-18-16-14-12-10-8-6-4-2/h6,8,12,14,18,37,54-55,58-59H,3-5,7,9-11,13,15-17,19-36,38-53H2,1-2H3,(H,57,60)/b8-6-,14-12-,37-18-. The molecule has 0 aliphatic rings. The summed E-state index contributed by atoms with van der Waals surface area (Å²) in [4.78, 5) is 12.4. The molecular formula is C56H107NO3. The summed E-state index contributed by atoms with van der Waals surface area (Å²) in [6, 6.07) is -0.546. The van der Waals surface area contributed by atoms with E-state index < -0.39 is 12.1 Å². The average Bonchev–Trinajstić information content (AvgIpc) is 3.25. The maximum absolute atomic E-state index is 12.4. The highest BCUT2D eigenvalue weighted by Gasteiger charge is 2.20. The summed E-state index contributed by atoms with van der Waals surface area (Å²) in [5, 5.41) is 23.3. The maximum Gasteiger partial charge on any atom is 0.220 e. The number of hydrogen-bond acceptors (Lipinski definition) is 3. The van der Waals surface area contributed by atoms with Crippen LogP contribution in [-0.2, 0) is 4.79 Å². The Hall–Kier alpha value is -1.39. The molecule has 4 nitrogen and oxygen atoms in total. The molecule has 60 heavy (non-hydrogen) atoms. The Bertz CT molecular complexity index is 912. The van der Waals surface area contributed by atoms with Crippen molar-refractivity contribution in [2.45, 2.75) is 309 Å².